The third kappa shape index (κ3) is 3.09. The van der Waals surface area contributed by atoms with Crippen LogP contribution in [0.5, 0.6) is 5.75 Å². The summed E-state index contributed by atoms with van der Waals surface area (Å²) in [5, 5.41) is 19.8. The third-order valence-corrected chi connectivity index (χ3v) is 2.64. The molecule has 0 radical (unpaired) electrons. The lowest BCUT2D eigenvalue weighted by Crippen LogP contribution is -2.21. The molecular weight excluding hydrogens is 230 g/mol. The molecule has 0 aliphatic heterocycles. The third-order valence-electron chi connectivity index (χ3n) is 2.34. The number of ether oxygens (including phenoxy) is 1. The zero-order valence-electron chi connectivity index (χ0n) is 9.06. The van der Waals surface area contributed by atoms with Crippen LogP contribution in [0.2, 0.25) is 5.02 Å². The highest BCUT2D eigenvalue weighted by Crippen LogP contribution is 2.29. The molecule has 2 unspecified atom stereocenters. The van der Waals surface area contributed by atoms with E-state index < -0.39 is 12.2 Å². The highest BCUT2D eigenvalue weighted by molar-refractivity contribution is 6.32. The van der Waals surface area contributed by atoms with Crippen molar-refractivity contribution in [1.82, 2.24) is 0 Å². The molecule has 2 atom stereocenters. The molecule has 1 rings (SSSR count). The topological polar surface area (TPSA) is 75.7 Å². The van der Waals surface area contributed by atoms with Crippen LogP contribution in [0.1, 0.15) is 18.1 Å². The number of rotatable bonds is 5. The van der Waals surface area contributed by atoms with Crippen molar-refractivity contribution in [1.29, 1.82) is 0 Å². The number of hydrogen-bond acceptors (Lipinski definition) is 4. The van der Waals surface area contributed by atoms with Gasteiger partial charge >= 0.3 is 0 Å². The molecule has 5 heteroatoms. The number of aliphatic hydroxyl groups excluding tert-OH is 2. The standard InChI is InChI=1S/C11H16ClNO3/c1-16-10-3-2-7(6-8(10)12)11(15)9(14)4-5-13/h2-3,6,9,11,14-15H,4-5,13H2,1H3. The molecule has 0 fully saturated rings. The molecule has 0 saturated carbocycles. The smallest absolute Gasteiger partial charge is 0.137 e. The van der Waals surface area contributed by atoms with Crippen LogP contribution >= 0.6 is 11.6 Å². The summed E-state index contributed by atoms with van der Waals surface area (Å²) in [7, 11) is 1.51. The minimum Gasteiger partial charge on any atom is -0.495 e. The van der Waals surface area contributed by atoms with Crippen molar-refractivity contribution >= 4 is 11.6 Å². The van der Waals surface area contributed by atoms with Crippen LogP contribution in [-0.4, -0.2) is 30.0 Å². The second kappa shape index (κ2) is 6.06. The SMILES string of the molecule is COc1ccc(C(O)C(O)CCN)cc1Cl. The summed E-state index contributed by atoms with van der Waals surface area (Å²) >= 11 is 5.91. The molecule has 0 aliphatic rings. The van der Waals surface area contributed by atoms with E-state index >= 15 is 0 Å². The maximum Gasteiger partial charge on any atom is 0.137 e. The molecule has 16 heavy (non-hydrogen) atoms. The summed E-state index contributed by atoms with van der Waals surface area (Å²) < 4.78 is 4.99. The minimum atomic E-state index is -0.980. The van der Waals surface area contributed by atoms with Gasteiger partial charge in [0, 0.05) is 0 Å². The van der Waals surface area contributed by atoms with Gasteiger partial charge in [-0.15, -0.1) is 0 Å². The summed E-state index contributed by atoms with van der Waals surface area (Å²) in [5.74, 6) is 0.533. The van der Waals surface area contributed by atoms with E-state index in [1.165, 1.54) is 7.11 Å². The van der Waals surface area contributed by atoms with Crippen LogP contribution in [-0.2, 0) is 0 Å². The number of hydrogen-bond donors (Lipinski definition) is 3. The molecule has 0 bridgehead atoms. The Balaban J connectivity index is 2.84. The molecule has 90 valence electrons. The van der Waals surface area contributed by atoms with Crippen molar-refractivity contribution in [2.45, 2.75) is 18.6 Å². The molecule has 0 heterocycles. The van der Waals surface area contributed by atoms with Gasteiger partial charge in [0.15, 0.2) is 0 Å². The second-order valence-corrected chi connectivity index (χ2v) is 3.89. The Morgan fingerprint density at radius 3 is 2.62 bits per heavy atom. The molecule has 0 spiro atoms. The number of methoxy groups -OCH3 is 1. The van der Waals surface area contributed by atoms with Crippen LogP contribution in [0.25, 0.3) is 0 Å². The van der Waals surface area contributed by atoms with E-state index in [2.05, 4.69) is 0 Å². The first-order valence-electron chi connectivity index (χ1n) is 4.99. The molecule has 0 amide bonds. The lowest BCUT2D eigenvalue weighted by atomic mass is 10.0. The van der Waals surface area contributed by atoms with E-state index in [4.69, 9.17) is 22.1 Å². The number of nitrogens with two attached hydrogens (primary N) is 1. The van der Waals surface area contributed by atoms with Gasteiger partial charge in [-0.05, 0) is 30.7 Å². The first kappa shape index (κ1) is 13.3. The van der Waals surface area contributed by atoms with Gasteiger partial charge in [0.2, 0.25) is 0 Å². The predicted octanol–water partition coefficient (Wildman–Crippen LogP) is 1.09. The van der Waals surface area contributed by atoms with Gasteiger partial charge in [-0.2, -0.15) is 0 Å². The highest BCUT2D eigenvalue weighted by atomic mass is 35.5. The highest BCUT2D eigenvalue weighted by Gasteiger charge is 2.18. The van der Waals surface area contributed by atoms with Crippen molar-refractivity contribution in [3.8, 4) is 5.75 Å². The Labute approximate surface area is 99.6 Å². The molecule has 0 aliphatic carbocycles. The van der Waals surface area contributed by atoms with E-state index in [0.29, 0.717) is 29.3 Å². The maximum atomic E-state index is 9.80. The first-order chi connectivity index (χ1) is 7.60. The predicted molar refractivity (Wildman–Crippen MR) is 62.6 cm³/mol. The Kier molecular flexibility index (Phi) is 5.02. The Bertz CT molecular complexity index is 346. The van der Waals surface area contributed by atoms with Gasteiger partial charge < -0.3 is 20.7 Å². The molecule has 1 aromatic rings. The zero-order valence-corrected chi connectivity index (χ0v) is 9.81. The summed E-state index contributed by atoms with van der Waals surface area (Å²) in [6.07, 6.45) is -1.52. The average molecular weight is 246 g/mol. The fourth-order valence-corrected chi connectivity index (χ4v) is 1.68. The van der Waals surface area contributed by atoms with Crippen LogP contribution in [0.3, 0.4) is 0 Å². The summed E-state index contributed by atoms with van der Waals surface area (Å²) in [6.45, 7) is 0.322. The van der Waals surface area contributed by atoms with Crippen LogP contribution in [0.15, 0.2) is 18.2 Å². The first-order valence-corrected chi connectivity index (χ1v) is 5.37. The van der Waals surface area contributed by atoms with E-state index in [9.17, 15) is 10.2 Å². The van der Waals surface area contributed by atoms with Crippen molar-refractivity contribution in [2.75, 3.05) is 13.7 Å². The molecule has 4 nitrogen and oxygen atoms in total. The lowest BCUT2D eigenvalue weighted by Gasteiger charge is -2.18. The van der Waals surface area contributed by atoms with Gasteiger partial charge in [0.05, 0.1) is 18.2 Å². The molecule has 1 aromatic carbocycles. The molecule has 0 saturated heterocycles. The molecule has 0 aromatic heterocycles. The number of aliphatic hydroxyl groups is 2. The summed E-state index contributed by atoms with van der Waals surface area (Å²) in [5.41, 5.74) is 5.85. The lowest BCUT2D eigenvalue weighted by molar-refractivity contribution is 0.0150. The zero-order chi connectivity index (χ0) is 12.1. The van der Waals surface area contributed by atoms with Gasteiger partial charge in [-0.1, -0.05) is 17.7 Å². The van der Waals surface area contributed by atoms with Crippen LogP contribution in [0.4, 0.5) is 0 Å². The summed E-state index contributed by atoms with van der Waals surface area (Å²) in [4.78, 5) is 0. The van der Waals surface area contributed by atoms with Crippen molar-refractivity contribution in [3.63, 3.8) is 0 Å². The van der Waals surface area contributed by atoms with Crippen molar-refractivity contribution in [2.24, 2.45) is 5.73 Å². The van der Waals surface area contributed by atoms with Crippen molar-refractivity contribution in [3.05, 3.63) is 28.8 Å². The van der Waals surface area contributed by atoms with Crippen LogP contribution in [0, 0.1) is 0 Å². The molecule has 4 N–H and O–H groups in total. The fourth-order valence-electron chi connectivity index (χ4n) is 1.42. The average Bonchev–Trinajstić information content (AvgIpc) is 2.28. The Morgan fingerprint density at radius 2 is 2.12 bits per heavy atom. The number of halogens is 1. The second-order valence-electron chi connectivity index (χ2n) is 3.48. The van der Waals surface area contributed by atoms with Gasteiger partial charge in [-0.25, -0.2) is 0 Å². The maximum absolute atomic E-state index is 9.80. The van der Waals surface area contributed by atoms with E-state index in [-0.39, 0.29) is 0 Å². The van der Waals surface area contributed by atoms with E-state index in [1.54, 1.807) is 18.2 Å². The molecular formula is C11H16ClNO3. The largest absolute Gasteiger partial charge is 0.495 e. The van der Waals surface area contributed by atoms with E-state index in [1.807, 2.05) is 0 Å². The Morgan fingerprint density at radius 1 is 1.44 bits per heavy atom. The van der Waals surface area contributed by atoms with Crippen LogP contribution < -0.4 is 10.5 Å². The fraction of sp³-hybridized carbons (Fsp3) is 0.455. The monoisotopic (exact) mass is 245 g/mol. The van der Waals surface area contributed by atoms with E-state index in [0.717, 1.165) is 0 Å². The number of benzene rings is 1. The Hall–Kier alpha value is -0.810. The van der Waals surface area contributed by atoms with Crippen molar-refractivity contribution < 1.29 is 14.9 Å². The quantitative estimate of drug-likeness (QED) is 0.726. The minimum absolute atomic E-state index is 0.322. The van der Waals surface area contributed by atoms with Gasteiger partial charge in [0.1, 0.15) is 11.9 Å². The normalized spacial score (nSPS) is 14.6. The van der Waals surface area contributed by atoms with Gasteiger partial charge in [0.25, 0.3) is 0 Å². The van der Waals surface area contributed by atoms with Gasteiger partial charge in [-0.3, -0.25) is 0 Å². The summed E-state index contributed by atoms with van der Waals surface area (Å²) in [6, 6.07) is 4.88.